The molecule has 2 atom stereocenters. The van der Waals surface area contributed by atoms with Crippen LogP contribution in [0.2, 0.25) is 0 Å². The molecule has 1 saturated heterocycles. The maximum absolute atomic E-state index is 13.7. The maximum atomic E-state index is 13.7. The summed E-state index contributed by atoms with van der Waals surface area (Å²) in [6.07, 6.45) is 0.857. The van der Waals surface area contributed by atoms with Crippen LogP contribution in [0.5, 0.6) is 0 Å². The number of benzene rings is 1. The minimum Gasteiger partial charge on any atom is -0.369 e. The van der Waals surface area contributed by atoms with Crippen molar-refractivity contribution in [2.75, 3.05) is 25.0 Å². The monoisotopic (exact) mass is 258 g/mol. The summed E-state index contributed by atoms with van der Waals surface area (Å²) in [7, 11) is 1.90. The van der Waals surface area contributed by atoms with Crippen molar-refractivity contribution in [1.29, 1.82) is 0 Å². The van der Waals surface area contributed by atoms with Crippen LogP contribution in [0.1, 0.15) is 13.3 Å². The van der Waals surface area contributed by atoms with Crippen molar-refractivity contribution >= 4 is 5.69 Å². The predicted molar refractivity (Wildman–Crippen MR) is 65.2 cm³/mol. The molecule has 18 heavy (non-hydrogen) atoms. The second kappa shape index (κ2) is 5.18. The van der Waals surface area contributed by atoms with E-state index in [9.17, 15) is 13.2 Å². The second-order valence-electron chi connectivity index (χ2n) is 4.80. The first-order chi connectivity index (χ1) is 8.54. The molecule has 2 nitrogen and oxygen atoms in total. The highest BCUT2D eigenvalue weighted by Crippen LogP contribution is 2.27. The normalized spacial score (nSPS) is 24.4. The zero-order valence-electron chi connectivity index (χ0n) is 10.5. The van der Waals surface area contributed by atoms with Gasteiger partial charge in [0.25, 0.3) is 0 Å². The van der Waals surface area contributed by atoms with Gasteiger partial charge in [0, 0.05) is 19.1 Å². The molecule has 0 radical (unpaired) electrons. The van der Waals surface area contributed by atoms with Gasteiger partial charge in [-0.3, -0.25) is 0 Å². The first-order valence-corrected chi connectivity index (χ1v) is 6.10. The van der Waals surface area contributed by atoms with Gasteiger partial charge in [-0.05, 0) is 31.5 Å². The molecule has 100 valence electrons. The molecule has 1 aromatic carbocycles. The van der Waals surface area contributed by atoms with Gasteiger partial charge in [-0.2, -0.15) is 0 Å². The Kier molecular flexibility index (Phi) is 3.80. The topological polar surface area (TPSA) is 15.3 Å². The lowest BCUT2D eigenvalue weighted by molar-refractivity contribution is 0.336. The van der Waals surface area contributed by atoms with Crippen molar-refractivity contribution in [3.8, 4) is 0 Å². The van der Waals surface area contributed by atoms with Gasteiger partial charge in [-0.25, -0.2) is 13.2 Å². The molecule has 0 aliphatic carbocycles. The van der Waals surface area contributed by atoms with Gasteiger partial charge in [0.2, 0.25) is 0 Å². The zero-order valence-corrected chi connectivity index (χ0v) is 10.5. The number of nitrogens with zero attached hydrogens (tertiary/aromatic N) is 1. The number of anilines is 1. The molecule has 0 aromatic heterocycles. The molecule has 0 saturated carbocycles. The van der Waals surface area contributed by atoms with Crippen molar-refractivity contribution in [3.63, 3.8) is 0 Å². The second-order valence-corrected chi connectivity index (χ2v) is 4.80. The summed E-state index contributed by atoms with van der Waals surface area (Å²) in [5, 5.41) is 3.21. The Hall–Kier alpha value is -1.23. The lowest BCUT2D eigenvalue weighted by atomic mass is 9.93. The summed E-state index contributed by atoms with van der Waals surface area (Å²) < 4.78 is 39.8. The molecule has 1 fully saturated rings. The molecule has 0 bridgehead atoms. The van der Waals surface area contributed by atoms with Gasteiger partial charge in [0.15, 0.2) is 17.5 Å². The number of hydrogen-bond acceptors (Lipinski definition) is 2. The average molecular weight is 258 g/mol. The molecule has 0 spiro atoms. The Balaban J connectivity index is 2.21. The Labute approximate surface area is 105 Å². The van der Waals surface area contributed by atoms with E-state index in [1.54, 1.807) is 4.90 Å². The fourth-order valence-corrected chi connectivity index (χ4v) is 2.55. The molecule has 0 amide bonds. The highest BCUT2D eigenvalue weighted by molar-refractivity contribution is 5.49. The fraction of sp³-hybridized carbons (Fsp3) is 0.538. The minimum atomic E-state index is -1.39. The van der Waals surface area contributed by atoms with E-state index in [1.807, 2.05) is 7.05 Å². The fourth-order valence-electron chi connectivity index (χ4n) is 2.55. The summed E-state index contributed by atoms with van der Waals surface area (Å²) in [5.41, 5.74) is 0.148. The summed E-state index contributed by atoms with van der Waals surface area (Å²) in [4.78, 5) is 1.77. The molecular formula is C13H17F3N2. The van der Waals surface area contributed by atoms with Crippen molar-refractivity contribution in [2.45, 2.75) is 19.4 Å². The van der Waals surface area contributed by atoms with Crippen LogP contribution in [0.15, 0.2) is 12.1 Å². The molecule has 1 N–H and O–H groups in total. The first-order valence-electron chi connectivity index (χ1n) is 6.10. The van der Waals surface area contributed by atoms with Gasteiger partial charge < -0.3 is 10.2 Å². The van der Waals surface area contributed by atoms with E-state index in [4.69, 9.17) is 0 Å². The summed E-state index contributed by atoms with van der Waals surface area (Å²) in [5.74, 6) is -3.30. The van der Waals surface area contributed by atoms with E-state index in [0.717, 1.165) is 12.5 Å². The lowest BCUT2D eigenvalue weighted by Crippen LogP contribution is -2.47. The predicted octanol–water partition coefficient (Wildman–Crippen LogP) is 2.54. The van der Waals surface area contributed by atoms with Crippen LogP contribution in [-0.2, 0) is 0 Å². The van der Waals surface area contributed by atoms with Gasteiger partial charge in [-0.15, -0.1) is 0 Å². The Morgan fingerprint density at radius 3 is 2.56 bits per heavy atom. The molecule has 1 aliphatic rings. The summed E-state index contributed by atoms with van der Waals surface area (Å²) >= 11 is 0. The van der Waals surface area contributed by atoms with E-state index in [0.29, 0.717) is 25.0 Å². The van der Waals surface area contributed by atoms with E-state index in [2.05, 4.69) is 12.2 Å². The summed E-state index contributed by atoms with van der Waals surface area (Å²) in [6, 6.07) is 2.66. The van der Waals surface area contributed by atoms with E-state index < -0.39 is 17.5 Å². The van der Waals surface area contributed by atoms with E-state index in [-0.39, 0.29) is 5.69 Å². The van der Waals surface area contributed by atoms with Crippen molar-refractivity contribution in [2.24, 2.45) is 5.92 Å². The molecule has 1 heterocycles. The number of halogens is 3. The van der Waals surface area contributed by atoms with Gasteiger partial charge >= 0.3 is 0 Å². The average Bonchev–Trinajstić information content (AvgIpc) is 2.36. The van der Waals surface area contributed by atoms with Crippen LogP contribution in [0.25, 0.3) is 0 Å². The van der Waals surface area contributed by atoms with Gasteiger partial charge in [0.1, 0.15) is 0 Å². The van der Waals surface area contributed by atoms with Crippen LogP contribution in [0, 0.1) is 23.4 Å². The number of piperidine rings is 1. The summed E-state index contributed by atoms with van der Waals surface area (Å²) in [6.45, 7) is 3.33. The van der Waals surface area contributed by atoms with E-state index >= 15 is 0 Å². The quantitative estimate of drug-likeness (QED) is 0.820. The van der Waals surface area contributed by atoms with Crippen molar-refractivity contribution < 1.29 is 13.2 Å². The molecule has 2 rings (SSSR count). The van der Waals surface area contributed by atoms with E-state index in [1.165, 1.54) is 6.07 Å². The van der Waals surface area contributed by atoms with Gasteiger partial charge in [-0.1, -0.05) is 6.92 Å². The Morgan fingerprint density at radius 2 is 1.94 bits per heavy atom. The van der Waals surface area contributed by atoms with Crippen LogP contribution in [-0.4, -0.2) is 26.2 Å². The molecule has 1 aliphatic heterocycles. The number of hydrogen-bond donors (Lipinski definition) is 1. The third-order valence-corrected chi connectivity index (χ3v) is 3.63. The highest BCUT2D eigenvalue weighted by Gasteiger charge is 2.27. The van der Waals surface area contributed by atoms with Crippen LogP contribution in [0.3, 0.4) is 0 Å². The first kappa shape index (κ1) is 13.2. The standard InChI is InChI=1S/C13H17F3N2/c1-8-7-18(6-5-10(8)17-2)11-4-3-9(14)12(15)13(11)16/h3-4,8,10,17H,5-7H2,1-2H3. The van der Waals surface area contributed by atoms with Crippen molar-refractivity contribution in [1.82, 2.24) is 5.32 Å². The molecule has 1 aromatic rings. The Bertz CT molecular complexity index is 436. The highest BCUT2D eigenvalue weighted by atomic mass is 19.2. The number of nitrogens with one attached hydrogen (secondary N) is 1. The number of rotatable bonds is 2. The lowest BCUT2D eigenvalue weighted by Gasteiger charge is -2.38. The largest absolute Gasteiger partial charge is 0.369 e. The Morgan fingerprint density at radius 1 is 1.22 bits per heavy atom. The van der Waals surface area contributed by atoms with Crippen molar-refractivity contribution in [3.05, 3.63) is 29.6 Å². The molecular weight excluding hydrogens is 241 g/mol. The zero-order chi connectivity index (χ0) is 13.3. The third-order valence-electron chi connectivity index (χ3n) is 3.63. The maximum Gasteiger partial charge on any atom is 0.196 e. The minimum absolute atomic E-state index is 0.148. The molecule has 5 heteroatoms. The SMILES string of the molecule is CNC1CCN(c2ccc(F)c(F)c2F)CC1C. The molecule has 2 unspecified atom stereocenters. The van der Waals surface area contributed by atoms with Crippen LogP contribution >= 0.6 is 0 Å². The third kappa shape index (κ3) is 2.32. The van der Waals surface area contributed by atoms with Crippen LogP contribution < -0.4 is 10.2 Å². The van der Waals surface area contributed by atoms with Crippen LogP contribution in [0.4, 0.5) is 18.9 Å². The van der Waals surface area contributed by atoms with Gasteiger partial charge in [0.05, 0.1) is 5.69 Å². The smallest absolute Gasteiger partial charge is 0.196 e.